The molecule has 1 fully saturated rings. The second-order valence-electron chi connectivity index (χ2n) is 4.97. The minimum absolute atomic E-state index is 0.0359. The third-order valence-electron chi connectivity index (χ3n) is 3.75. The zero-order valence-electron chi connectivity index (χ0n) is 11.4. The lowest BCUT2D eigenvalue weighted by atomic mass is 9.83. The van der Waals surface area contributed by atoms with Gasteiger partial charge in [-0.3, -0.25) is 0 Å². The first-order valence-corrected chi connectivity index (χ1v) is 6.60. The molecule has 2 unspecified atom stereocenters. The van der Waals surface area contributed by atoms with E-state index in [0.29, 0.717) is 19.0 Å². The van der Waals surface area contributed by atoms with Crippen molar-refractivity contribution < 1.29 is 24.1 Å². The van der Waals surface area contributed by atoms with E-state index in [1.807, 2.05) is 6.92 Å². The van der Waals surface area contributed by atoms with Gasteiger partial charge in [0.05, 0.1) is 19.5 Å². The highest BCUT2D eigenvalue weighted by atomic mass is 16.6. The number of benzene rings is 1. The van der Waals surface area contributed by atoms with E-state index in [1.165, 1.54) is 6.26 Å². The molecule has 2 aliphatic rings. The van der Waals surface area contributed by atoms with Crippen LogP contribution in [0.1, 0.15) is 25.3 Å². The number of hydrogen-bond donors (Lipinski definition) is 1. The number of carbonyl (C=O) groups excluding carboxylic acids is 1. The predicted molar refractivity (Wildman–Crippen MR) is 70.5 cm³/mol. The molecule has 2 atom stereocenters. The molecule has 3 rings (SSSR count). The van der Waals surface area contributed by atoms with Gasteiger partial charge in [-0.1, -0.05) is 13.0 Å². The number of rotatable bonds is 3. The molecule has 2 aliphatic heterocycles. The van der Waals surface area contributed by atoms with E-state index in [4.69, 9.17) is 14.2 Å². The van der Waals surface area contributed by atoms with Gasteiger partial charge in [-0.2, -0.15) is 0 Å². The molecule has 0 amide bonds. The van der Waals surface area contributed by atoms with E-state index in [1.54, 1.807) is 25.1 Å². The molecule has 5 heteroatoms. The van der Waals surface area contributed by atoms with Crippen LogP contribution in [0.15, 0.2) is 30.0 Å². The molecule has 0 radical (unpaired) electrons. The van der Waals surface area contributed by atoms with Gasteiger partial charge < -0.3 is 19.3 Å². The van der Waals surface area contributed by atoms with Gasteiger partial charge in [0, 0.05) is 23.1 Å². The quantitative estimate of drug-likeness (QED) is 0.676. The van der Waals surface area contributed by atoms with E-state index < -0.39 is 5.60 Å². The van der Waals surface area contributed by atoms with Crippen molar-refractivity contribution in [2.24, 2.45) is 0 Å². The maximum atomic E-state index is 12.1. The summed E-state index contributed by atoms with van der Waals surface area (Å²) >= 11 is 0. The topological polar surface area (TPSA) is 68.3 Å². The van der Waals surface area contributed by atoms with Crippen molar-refractivity contribution in [1.82, 2.24) is 0 Å². The van der Waals surface area contributed by atoms with Gasteiger partial charge in [0.25, 0.3) is 0 Å². The summed E-state index contributed by atoms with van der Waals surface area (Å²) in [5.41, 5.74) is 0.680. The lowest BCUT2D eigenvalue weighted by Crippen LogP contribution is -2.33. The van der Waals surface area contributed by atoms with Crippen LogP contribution >= 0.6 is 0 Å². The molecule has 1 N–H and O–H groups in total. The normalized spacial score (nSPS) is 27.1. The molecule has 5 nitrogen and oxygen atoms in total. The Hall–Kier alpha value is -2.01. The van der Waals surface area contributed by atoms with Crippen molar-refractivity contribution in [3.63, 3.8) is 0 Å². The van der Waals surface area contributed by atoms with Gasteiger partial charge in [-0.05, 0) is 13.0 Å². The summed E-state index contributed by atoms with van der Waals surface area (Å²) in [6.45, 7) is 4.38. The van der Waals surface area contributed by atoms with Gasteiger partial charge in [-0.25, -0.2) is 4.79 Å². The van der Waals surface area contributed by atoms with Crippen LogP contribution in [-0.2, 0) is 14.3 Å². The average Bonchev–Trinajstić information content (AvgIpc) is 3.20. The molecule has 0 aliphatic carbocycles. The standard InChI is InChI=1S/C15H16O5/c1-3-18-14(17)15(8-20-15)12-7-19-13-6-10(16)4-5-11(13)9(12)2/h4-7,9,16H,3,8H2,1-2H3. The van der Waals surface area contributed by atoms with Gasteiger partial charge >= 0.3 is 5.97 Å². The lowest BCUT2D eigenvalue weighted by molar-refractivity contribution is -0.148. The monoisotopic (exact) mass is 276 g/mol. The van der Waals surface area contributed by atoms with Gasteiger partial charge in [-0.15, -0.1) is 0 Å². The summed E-state index contributed by atoms with van der Waals surface area (Å²) in [4.78, 5) is 12.1. The summed E-state index contributed by atoms with van der Waals surface area (Å²) in [5.74, 6) is 0.340. The number of phenolic OH excluding ortho intramolecular Hbond substituents is 1. The van der Waals surface area contributed by atoms with Crippen LogP contribution in [0.25, 0.3) is 0 Å². The molecule has 0 aromatic heterocycles. The van der Waals surface area contributed by atoms with E-state index in [2.05, 4.69) is 0 Å². The van der Waals surface area contributed by atoms with Crippen LogP contribution in [0.4, 0.5) is 0 Å². The summed E-state index contributed by atoms with van der Waals surface area (Å²) in [5, 5.41) is 9.47. The maximum Gasteiger partial charge on any atom is 0.345 e. The molecular weight excluding hydrogens is 260 g/mol. The Bertz CT molecular complexity index is 586. The van der Waals surface area contributed by atoms with E-state index in [-0.39, 0.29) is 17.6 Å². The first-order valence-electron chi connectivity index (χ1n) is 6.60. The summed E-state index contributed by atoms with van der Waals surface area (Å²) in [7, 11) is 0. The number of epoxide rings is 1. The smallest absolute Gasteiger partial charge is 0.345 e. The fraction of sp³-hybridized carbons (Fsp3) is 0.400. The molecular formula is C15H16O5. The van der Waals surface area contributed by atoms with Crippen LogP contribution in [0.2, 0.25) is 0 Å². The van der Waals surface area contributed by atoms with Crippen LogP contribution < -0.4 is 4.74 Å². The predicted octanol–water partition coefficient (Wildman–Crippen LogP) is 2.10. The summed E-state index contributed by atoms with van der Waals surface area (Å²) in [6.07, 6.45) is 1.54. The van der Waals surface area contributed by atoms with Crippen molar-refractivity contribution in [3.05, 3.63) is 35.6 Å². The molecule has 106 valence electrons. The molecule has 0 spiro atoms. The Kier molecular flexibility index (Phi) is 2.94. The Morgan fingerprint density at radius 3 is 2.95 bits per heavy atom. The average molecular weight is 276 g/mol. The number of phenols is 1. The molecule has 1 saturated heterocycles. The number of hydrogen-bond acceptors (Lipinski definition) is 5. The van der Waals surface area contributed by atoms with Gasteiger partial charge in [0.15, 0.2) is 0 Å². The summed E-state index contributed by atoms with van der Waals surface area (Å²) < 4.78 is 16.0. The van der Waals surface area contributed by atoms with Crippen molar-refractivity contribution in [2.75, 3.05) is 13.2 Å². The molecule has 0 saturated carbocycles. The summed E-state index contributed by atoms with van der Waals surface area (Å²) in [6, 6.07) is 4.96. The van der Waals surface area contributed by atoms with Crippen LogP contribution in [0.3, 0.4) is 0 Å². The van der Waals surface area contributed by atoms with Gasteiger partial charge in [0.1, 0.15) is 11.5 Å². The molecule has 0 bridgehead atoms. The lowest BCUT2D eigenvalue weighted by Gasteiger charge is -2.26. The third-order valence-corrected chi connectivity index (χ3v) is 3.75. The van der Waals surface area contributed by atoms with Crippen LogP contribution in [0, 0.1) is 0 Å². The number of esters is 1. The van der Waals surface area contributed by atoms with Crippen molar-refractivity contribution in [2.45, 2.75) is 25.4 Å². The Labute approximate surface area is 116 Å². The highest BCUT2D eigenvalue weighted by molar-refractivity contribution is 5.87. The maximum absolute atomic E-state index is 12.1. The Balaban J connectivity index is 1.92. The highest BCUT2D eigenvalue weighted by Crippen LogP contribution is 2.48. The van der Waals surface area contributed by atoms with Crippen molar-refractivity contribution in [1.29, 1.82) is 0 Å². The van der Waals surface area contributed by atoms with Crippen molar-refractivity contribution in [3.8, 4) is 11.5 Å². The van der Waals surface area contributed by atoms with Crippen LogP contribution in [-0.4, -0.2) is 29.9 Å². The van der Waals surface area contributed by atoms with E-state index in [0.717, 1.165) is 11.1 Å². The second-order valence-corrected chi connectivity index (χ2v) is 4.97. The largest absolute Gasteiger partial charge is 0.508 e. The van der Waals surface area contributed by atoms with Gasteiger partial charge in [0.2, 0.25) is 5.60 Å². The number of carbonyl (C=O) groups is 1. The van der Waals surface area contributed by atoms with Crippen LogP contribution in [0.5, 0.6) is 11.5 Å². The molecule has 1 aromatic rings. The van der Waals surface area contributed by atoms with E-state index in [9.17, 15) is 9.90 Å². The van der Waals surface area contributed by atoms with Crippen molar-refractivity contribution >= 4 is 5.97 Å². The Morgan fingerprint density at radius 2 is 2.30 bits per heavy atom. The zero-order chi connectivity index (χ0) is 14.3. The molecule has 2 heterocycles. The highest BCUT2D eigenvalue weighted by Gasteiger charge is 2.59. The fourth-order valence-corrected chi connectivity index (χ4v) is 2.55. The SMILES string of the molecule is CCOC(=O)C1(C2=COc3cc(O)ccc3C2C)CO1. The zero-order valence-corrected chi connectivity index (χ0v) is 11.4. The first kappa shape index (κ1) is 13.0. The number of fused-ring (bicyclic) bond motifs is 1. The second kappa shape index (κ2) is 4.52. The minimum atomic E-state index is -0.995. The minimum Gasteiger partial charge on any atom is -0.508 e. The van der Waals surface area contributed by atoms with E-state index >= 15 is 0 Å². The fourth-order valence-electron chi connectivity index (χ4n) is 2.55. The third kappa shape index (κ3) is 1.86. The number of ether oxygens (including phenoxy) is 3. The molecule has 1 aromatic carbocycles. The molecule has 20 heavy (non-hydrogen) atoms. The Morgan fingerprint density at radius 1 is 1.55 bits per heavy atom. The first-order chi connectivity index (χ1) is 9.58. The number of aromatic hydroxyl groups is 1.